The number of nitrogens with one attached hydrogen (secondary N) is 1. The van der Waals surface area contributed by atoms with E-state index in [1.54, 1.807) is 0 Å². The lowest BCUT2D eigenvalue weighted by atomic mass is 10.3. The molecule has 0 bridgehead atoms. The van der Waals surface area contributed by atoms with Crippen molar-refractivity contribution in [2.24, 2.45) is 0 Å². The maximum Gasteiger partial charge on any atom is 0.156 e. The van der Waals surface area contributed by atoms with Crippen molar-refractivity contribution < 1.29 is 4.79 Å². The lowest BCUT2D eigenvalue weighted by Gasteiger charge is -2.15. The Balaban J connectivity index is 2.06. The average molecular weight is 259 g/mol. The predicted molar refractivity (Wildman–Crippen MR) is 73.7 cm³/mol. The number of carbonyl (C=O) groups excluding carboxylic acids is 1. The van der Waals surface area contributed by atoms with Gasteiger partial charge in [-0.05, 0) is 18.6 Å². The van der Waals surface area contributed by atoms with Gasteiger partial charge in [0.05, 0.1) is 12.2 Å². The Kier molecular flexibility index (Phi) is 2.85. The van der Waals surface area contributed by atoms with E-state index < -0.39 is 0 Å². The molecule has 0 aliphatic carbocycles. The number of Topliss-reactive ketones (excluding diaryl/α,β-unsaturated/α-hetero) is 1. The number of nitrogens with zero attached hydrogens (tertiary/aromatic N) is 4. The minimum absolute atomic E-state index is 0.274. The van der Waals surface area contributed by atoms with E-state index >= 15 is 0 Å². The molecule has 2 aromatic rings. The zero-order valence-corrected chi connectivity index (χ0v) is 11.2. The molecule has 0 unspecified atom stereocenters. The van der Waals surface area contributed by atoms with Crippen LogP contribution in [0.3, 0.4) is 0 Å². The molecule has 1 fully saturated rings. The molecule has 1 aliphatic heterocycles. The zero-order chi connectivity index (χ0) is 13.4. The quantitative estimate of drug-likeness (QED) is 0.894. The molecular formula is C13H17N5O. The molecule has 0 radical (unpaired) electrons. The highest BCUT2D eigenvalue weighted by Gasteiger charge is 2.21. The second-order valence-electron chi connectivity index (χ2n) is 4.68. The topological polar surface area (TPSA) is 62.5 Å². The highest BCUT2D eigenvalue weighted by Crippen LogP contribution is 2.21. The van der Waals surface area contributed by atoms with Gasteiger partial charge in [-0.1, -0.05) is 6.92 Å². The molecule has 6 heteroatoms. The number of anilines is 2. The van der Waals surface area contributed by atoms with E-state index in [2.05, 4.69) is 22.3 Å². The highest BCUT2D eigenvalue weighted by atomic mass is 16.1. The van der Waals surface area contributed by atoms with Crippen molar-refractivity contribution in [1.82, 2.24) is 14.6 Å². The third-order valence-corrected chi connectivity index (χ3v) is 3.46. The van der Waals surface area contributed by atoms with Crippen LogP contribution in [0.4, 0.5) is 11.6 Å². The molecule has 0 atom stereocenters. The summed E-state index contributed by atoms with van der Waals surface area (Å²) in [6.45, 7) is 3.28. The van der Waals surface area contributed by atoms with Crippen LogP contribution in [0.2, 0.25) is 0 Å². The van der Waals surface area contributed by atoms with Gasteiger partial charge in [-0.3, -0.25) is 4.79 Å². The molecule has 0 spiro atoms. The average Bonchev–Trinajstić information content (AvgIpc) is 3.00. The number of aromatic nitrogens is 3. The van der Waals surface area contributed by atoms with Gasteiger partial charge in [0.2, 0.25) is 0 Å². The van der Waals surface area contributed by atoms with E-state index in [9.17, 15) is 4.79 Å². The maximum atomic E-state index is 11.4. The molecule has 1 aliphatic rings. The number of imidazole rings is 1. The van der Waals surface area contributed by atoms with Crippen molar-refractivity contribution in [2.45, 2.75) is 19.8 Å². The summed E-state index contributed by atoms with van der Waals surface area (Å²) < 4.78 is 1.82. The van der Waals surface area contributed by atoms with Crippen LogP contribution in [0.15, 0.2) is 12.1 Å². The van der Waals surface area contributed by atoms with Gasteiger partial charge in [-0.2, -0.15) is 4.52 Å². The van der Waals surface area contributed by atoms with E-state index in [0.29, 0.717) is 13.0 Å². The number of hydrogen-bond acceptors (Lipinski definition) is 5. The second kappa shape index (κ2) is 4.53. The highest BCUT2D eigenvalue weighted by molar-refractivity contribution is 5.86. The molecule has 0 amide bonds. The molecule has 3 heterocycles. The lowest BCUT2D eigenvalue weighted by Crippen LogP contribution is -2.21. The number of fused-ring (bicyclic) bond motifs is 1. The summed E-state index contributed by atoms with van der Waals surface area (Å²) in [5, 5.41) is 7.75. The number of aryl methyl sites for hydroxylation is 1. The van der Waals surface area contributed by atoms with E-state index in [1.165, 1.54) is 0 Å². The summed E-state index contributed by atoms with van der Waals surface area (Å²) in [5.41, 5.74) is 1.83. The number of ketones is 1. The van der Waals surface area contributed by atoms with Gasteiger partial charge in [-0.25, -0.2) is 4.98 Å². The van der Waals surface area contributed by atoms with Gasteiger partial charge in [0.25, 0.3) is 0 Å². The Bertz CT molecular complexity index is 633. The van der Waals surface area contributed by atoms with Crippen LogP contribution < -0.4 is 10.2 Å². The van der Waals surface area contributed by atoms with Crippen molar-refractivity contribution in [3.05, 3.63) is 17.8 Å². The number of rotatable bonds is 3. The smallest absolute Gasteiger partial charge is 0.156 e. The van der Waals surface area contributed by atoms with E-state index in [0.717, 1.165) is 35.9 Å². The van der Waals surface area contributed by atoms with Gasteiger partial charge >= 0.3 is 0 Å². The zero-order valence-electron chi connectivity index (χ0n) is 11.2. The number of carbonyl (C=O) groups is 1. The van der Waals surface area contributed by atoms with Crippen LogP contribution in [0.1, 0.15) is 19.0 Å². The Morgan fingerprint density at radius 3 is 2.89 bits per heavy atom. The van der Waals surface area contributed by atoms with Crippen molar-refractivity contribution in [3.63, 3.8) is 0 Å². The lowest BCUT2D eigenvalue weighted by molar-refractivity contribution is -0.116. The SMILES string of the molecule is CCc1nc2ccc(N3CCC(=O)C3)nn2c1NC. The van der Waals surface area contributed by atoms with Crippen LogP contribution in [0, 0.1) is 0 Å². The van der Waals surface area contributed by atoms with E-state index in [4.69, 9.17) is 0 Å². The van der Waals surface area contributed by atoms with Crippen molar-refractivity contribution in [2.75, 3.05) is 30.4 Å². The van der Waals surface area contributed by atoms with Crippen molar-refractivity contribution >= 4 is 23.1 Å². The predicted octanol–water partition coefficient (Wildman–Crippen LogP) is 1.11. The molecule has 0 aromatic carbocycles. The molecule has 1 N–H and O–H groups in total. The summed E-state index contributed by atoms with van der Waals surface area (Å²) in [6, 6.07) is 3.88. The Morgan fingerprint density at radius 2 is 2.26 bits per heavy atom. The summed E-state index contributed by atoms with van der Waals surface area (Å²) in [5.74, 6) is 2.02. The molecule has 3 rings (SSSR count). The minimum Gasteiger partial charge on any atom is -0.372 e. The molecule has 100 valence electrons. The first kappa shape index (κ1) is 12.0. The van der Waals surface area contributed by atoms with Gasteiger partial charge in [0, 0.05) is 20.0 Å². The Morgan fingerprint density at radius 1 is 1.42 bits per heavy atom. The van der Waals surface area contributed by atoms with Gasteiger partial charge in [-0.15, -0.1) is 5.10 Å². The van der Waals surface area contributed by atoms with Crippen LogP contribution in [-0.4, -0.2) is 40.5 Å². The monoisotopic (exact) mass is 259 g/mol. The largest absolute Gasteiger partial charge is 0.372 e. The Labute approximate surface area is 111 Å². The van der Waals surface area contributed by atoms with E-state index in [1.807, 2.05) is 28.6 Å². The minimum atomic E-state index is 0.274. The molecule has 1 saturated heterocycles. The summed E-state index contributed by atoms with van der Waals surface area (Å²) in [6.07, 6.45) is 1.47. The molecule has 0 saturated carbocycles. The molecular weight excluding hydrogens is 242 g/mol. The van der Waals surface area contributed by atoms with Crippen molar-refractivity contribution in [3.8, 4) is 0 Å². The van der Waals surface area contributed by atoms with Crippen LogP contribution in [0.5, 0.6) is 0 Å². The van der Waals surface area contributed by atoms with Crippen molar-refractivity contribution in [1.29, 1.82) is 0 Å². The molecule has 19 heavy (non-hydrogen) atoms. The molecule has 6 nitrogen and oxygen atoms in total. The standard InChI is InChI=1S/C13H17N5O/c1-3-10-13(14-2)18-11(15-10)4-5-12(16-18)17-7-6-9(19)8-17/h4-5,14H,3,6-8H2,1-2H3. The maximum absolute atomic E-state index is 11.4. The fraction of sp³-hybridized carbons (Fsp3) is 0.462. The van der Waals surface area contributed by atoms with Crippen LogP contribution in [-0.2, 0) is 11.2 Å². The fourth-order valence-electron chi connectivity index (χ4n) is 2.46. The second-order valence-corrected chi connectivity index (χ2v) is 4.68. The van der Waals surface area contributed by atoms with Crippen LogP contribution >= 0.6 is 0 Å². The van der Waals surface area contributed by atoms with Gasteiger partial charge in [0.15, 0.2) is 17.2 Å². The fourth-order valence-corrected chi connectivity index (χ4v) is 2.46. The van der Waals surface area contributed by atoms with Crippen LogP contribution in [0.25, 0.3) is 5.65 Å². The van der Waals surface area contributed by atoms with E-state index in [-0.39, 0.29) is 5.78 Å². The Hall–Kier alpha value is -2.11. The van der Waals surface area contributed by atoms with Gasteiger partial charge < -0.3 is 10.2 Å². The third kappa shape index (κ3) is 1.93. The molecule has 2 aromatic heterocycles. The summed E-state index contributed by atoms with van der Waals surface area (Å²) >= 11 is 0. The van der Waals surface area contributed by atoms with Gasteiger partial charge in [0.1, 0.15) is 5.82 Å². The first-order valence-corrected chi connectivity index (χ1v) is 6.56. The first-order chi connectivity index (χ1) is 9.22. The third-order valence-electron chi connectivity index (χ3n) is 3.46. The number of hydrogen-bond donors (Lipinski definition) is 1. The normalized spacial score (nSPS) is 15.5. The summed E-state index contributed by atoms with van der Waals surface area (Å²) in [4.78, 5) is 17.9. The summed E-state index contributed by atoms with van der Waals surface area (Å²) in [7, 11) is 1.87. The first-order valence-electron chi connectivity index (χ1n) is 6.56.